The van der Waals surface area contributed by atoms with E-state index in [2.05, 4.69) is 43.2 Å². The van der Waals surface area contributed by atoms with Crippen LogP contribution in [0.25, 0.3) is 5.70 Å². The van der Waals surface area contributed by atoms with Gasteiger partial charge in [0.1, 0.15) is 5.76 Å². The lowest BCUT2D eigenvalue weighted by Crippen LogP contribution is -2.25. The third-order valence-electron chi connectivity index (χ3n) is 4.39. The second-order valence-corrected chi connectivity index (χ2v) is 6.72. The molecule has 4 heteroatoms. The summed E-state index contributed by atoms with van der Waals surface area (Å²) >= 11 is 0. The summed E-state index contributed by atoms with van der Waals surface area (Å²) in [5.74, 6) is 1.71. The van der Waals surface area contributed by atoms with Crippen molar-refractivity contribution in [2.45, 2.75) is 73.0 Å². The molecule has 0 fully saturated rings. The van der Waals surface area contributed by atoms with Crippen molar-refractivity contribution >= 4 is 5.70 Å². The Kier molecular flexibility index (Phi) is 6.91. The zero-order valence-electron chi connectivity index (χ0n) is 16.5. The van der Waals surface area contributed by atoms with Crippen LogP contribution in [0.2, 0.25) is 0 Å². The molecule has 0 amide bonds. The molecular formula is C21H32N2O2. The maximum atomic E-state index is 6.13. The summed E-state index contributed by atoms with van der Waals surface area (Å²) in [5.41, 5.74) is 4.52. The molecule has 0 bridgehead atoms. The Morgan fingerprint density at radius 1 is 1.12 bits per heavy atom. The fraction of sp³-hybridized carbons (Fsp3) is 0.571. The lowest BCUT2D eigenvalue weighted by molar-refractivity contribution is 0.105. The van der Waals surface area contributed by atoms with Crippen molar-refractivity contribution in [3.63, 3.8) is 0 Å². The van der Waals surface area contributed by atoms with Gasteiger partial charge in [0.25, 0.3) is 0 Å². The van der Waals surface area contributed by atoms with Gasteiger partial charge in [-0.25, -0.2) is 4.98 Å². The highest BCUT2D eigenvalue weighted by atomic mass is 16.5. The topological polar surface area (TPSA) is 43.4 Å². The number of hydrogen-bond donors (Lipinski definition) is 1. The summed E-state index contributed by atoms with van der Waals surface area (Å²) in [4.78, 5) is 4.60. The lowest BCUT2D eigenvalue weighted by Gasteiger charge is -2.26. The molecule has 25 heavy (non-hydrogen) atoms. The fourth-order valence-corrected chi connectivity index (χ4v) is 3.01. The molecule has 0 aromatic carbocycles. The first kappa shape index (κ1) is 19.4. The average molecular weight is 344 g/mol. The Hall–Kier alpha value is -1.97. The molecule has 1 aromatic heterocycles. The summed E-state index contributed by atoms with van der Waals surface area (Å²) in [6.45, 7) is 13.3. The van der Waals surface area contributed by atoms with E-state index >= 15 is 0 Å². The maximum Gasteiger partial charge on any atom is 0.213 e. The van der Waals surface area contributed by atoms with Crippen molar-refractivity contribution in [2.24, 2.45) is 0 Å². The van der Waals surface area contributed by atoms with Crippen molar-refractivity contribution in [3.8, 4) is 5.88 Å². The number of ether oxygens (including phenoxy) is 2. The van der Waals surface area contributed by atoms with Crippen LogP contribution in [0.5, 0.6) is 5.88 Å². The van der Waals surface area contributed by atoms with Gasteiger partial charge in [-0.2, -0.15) is 0 Å². The van der Waals surface area contributed by atoms with E-state index in [0.717, 1.165) is 48.5 Å². The van der Waals surface area contributed by atoms with Gasteiger partial charge >= 0.3 is 0 Å². The zero-order chi connectivity index (χ0) is 18.4. The monoisotopic (exact) mass is 344 g/mol. The number of dihydropyridines is 1. The summed E-state index contributed by atoms with van der Waals surface area (Å²) < 4.78 is 11.8. The fourth-order valence-electron chi connectivity index (χ4n) is 3.01. The Morgan fingerprint density at radius 3 is 2.40 bits per heavy atom. The molecule has 0 radical (unpaired) electrons. The highest BCUT2D eigenvalue weighted by Crippen LogP contribution is 2.28. The Labute approximate surface area is 152 Å². The van der Waals surface area contributed by atoms with Crippen LogP contribution in [0, 0.1) is 6.92 Å². The van der Waals surface area contributed by atoms with Crippen LogP contribution >= 0.6 is 0 Å². The molecule has 0 spiro atoms. The average Bonchev–Trinajstić information content (AvgIpc) is 2.59. The van der Waals surface area contributed by atoms with Gasteiger partial charge in [0.15, 0.2) is 0 Å². The normalized spacial score (nSPS) is 14.6. The molecule has 0 unspecified atom stereocenters. The largest absolute Gasteiger partial charge is 0.493 e. The third kappa shape index (κ3) is 5.00. The van der Waals surface area contributed by atoms with E-state index in [1.807, 2.05) is 26.8 Å². The van der Waals surface area contributed by atoms with Gasteiger partial charge in [0.05, 0.1) is 24.4 Å². The first-order chi connectivity index (χ1) is 12.0. The van der Waals surface area contributed by atoms with Crippen LogP contribution in [0.1, 0.15) is 65.1 Å². The van der Waals surface area contributed by atoms with Crippen molar-refractivity contribution in [3.05, 3.63) is 40.8 Å². The molecule has 2 heterocycles. The predicted molar refractivity (Wildman–Crippen MR) is 103 cm³/mol. The molecule has 0 aliphatic carbocycles. The molecule has 1 aromatic rings. The predicted octanol–water partition coefficient (Wildman–Crippen LogP) is 4.99. The van der Waals surface area contributed by atoms with Crippen molar-refractivity contribution < 1.29 is 9.47 Å². The van der Waals surface area contributed by atoms with E-state index in [9.17, 15) is 0 Å². The first-order valence-corrected chi connectivity index (χ1v) is 9.47. The Morgan fingerprint density at radius 2 is 1.84 bits per heavy atom. The molecule has 4 nitrogen and oxygen atoms in total. The highest BCUT2D eigenvalue weighted by Gasteiger charge is 2.18. The van der Waals surface area contributed by atoms with Gasteiger partial charge in [-0.15, -0.1) is 0 Å². The van der Waals surface area contributed by atoms with Crippen LogP contribution in [0.15, 0.2) is 29.5 Å². The second-order valence-electron chi connectivity index (χ2n) is 6.72. The molecule has 0 atom stereocenters. The molecule has 1 aliphatic rings. The third-order valence-corrected chi connectivity index (χ3v) is 4.39. The minimum atomic E-state index is 0.128. The van der Waals surface area contributed by atoms with Gasteiger partial charge in [0.2, 0.25) is 5.88 Å². The Bertz CT molecular complexity index is 643. The number of rotatable bonds is 8. The molecule has 138 valence electrons. The van der Waals surface area contributed by atoms with Crippen molar-refractivity contribution in [2.75, 3.05) is 6.54 Å². The SMILES string of the molecule is CCC1=C(c2ccc(OC(C)C)nc2C)NCC(OC(CC)CC)=C1. The number of nitrogens with one attached hydrogen (secondary N) is 1. The number of aryl methyl sites for hydroxylation is 1. The van der Waals surface area contributed by atoms with Crippen molar-refractivity contribution in [1.82, 2.24) is 10.3 Å². The minimum Gasteiger partial charge on any atom is -0.493 e. The van der Waals surface area contributed by atoms with Gasteiger partial charge in [-0.1, -0.05) is 20.8 Å². The highest BCUT2D eigenvalue weighted by molar-refractivity contribution is 5.72. The molecule has 2 rings (SSSR count). The lowest BCUT2D eigenvalue weighted by atomic mass is 10.00. The summed E-state index contributed by atoms with van der Waals surface area (Å²) in [6, 6.07) is 4.04. The van der Waals surface area contributed by atoms with E-state index in [1.54, 1.807) is 0 Å². The molecule has 1 aliphatic heterocycles. The Balaban J connectivity index is 2.28. The van der Waals surface area contributed by atoms with Crippen LogP contribution in [0.3, 0.4) is 0 Å². The number of allylic oxidation sites excluding steroid dienone is 2. The second kappa shape index (κ2) is 8.93. The molecule has 0 saturated carbocycles. The first-order valence-electron chi connectivity index (χ1n) is 9.47. The number of pyridine rings is 1. The van der Waals surface area contributed by atoms with Crippen LogP contribution in [-0.4, -0.2) is 23.7 Å². The van der Waals surface area contributed by atoms with Crippen molar-refractivity contribution in [1.29, 1.82) is 0 Å². The minimum absolute atomic E-state index is 0.128. The van der Waals surface area contributed by atoms with Gasteiger partial charge in [0, 0.05) is 17.3 Å². The quantitative estimate of drug-likeness (QED) is 0.721. The van der Waals surface area contributed by atoms with Gasteiger partial charge in [-0.05, 0) is 57.7 Å². The van der Waals surface area contributed by atoms with E-state index in [-0.39, 0.29) is 6.10 Å². The molecular weight excluding hydrogens is 312 g/mol. The van der Waals surface area contributed by atoms with E-state index in [4.69, 9.17) is 9.47 Å². The van der Waals surface area contributed by atoms with Crippen LogP contribution < -0.4 is 10.1 Å². The van der Waals surface area contributed by atoms with Crippen LogP contribution in [-0.2, 0) is 4.74 Å². The van der Waals surface area contributed by atoms with E-state index in [0.29, 0.717) is 12.0 Å². The maximum absolute atomic E-state index is 6.13. The molecule has 0 saturated heterocycles. The van der Waals surface area contributed by atoms with E-state index < -0.39 is 0 Å². The smallest absolute Gasteiger partial charge is 0.213 e. The van der Waals surface area contributed by atoms with E-state index in [1.165, 1.54) is 5.57 Å². The van der Waals surface area contributed by atoms with Gasteiger partial charge in [-0.3, -0.25) is 0 Å². The summed E-state index contributed by atoms with van der Waals surface area (Å²) in [5, 5.41) is 3.55. The zero-order valence-corrected chi connectivity index (χ0v) is 16.5. The summed E-state index contributed by atoms with van der Waals surface area (Å²) in [6.07, 6.45) is 5.63. The molecule has 1 N–H and O–H groups in total. The standard InChI is InChI=1S/C21H32N2O2/c1-7-16-12-18(25-17(8-2)9-3)13-22-21(16)19-10-11-20(23-15(19)6)24-14(4)5/h10-12,14,17,22H,7-9,13H2,1-6H3. The number of aromatic nitrogens is 1. The number of nitrogens with zero attached hydrogens (tertiary/aromatic N) is 1. The number of hydrogen-bond acceptors (Lipinski definition) is 4. The summed E-state index contributed by atoms with van der Waals surface area (Å²) in [7, 11) is 0. The van der Waals surface area contributed by atoms with Gasteiger partial charge < -0.3 is 14.8 Å². The van der Waals surface area contributed by atoms with Crippen LogP contribution in [0.4, 0.5) is 0 Å².